The van der Waals surface area contributed by atoms with Crippen molar-refractivity contribution in [1.82, 2.24) is 9.97 Å². The molecule has 2 heterocycles. The van der Waals surface area contributed by atoms with Crippen molar-refractivity contribution in [2.24, 2.45) is 0 Å². The first-order valence-corrected chi connectivity index (χ1v) is 10.4. The molecule has 7 nitrogen and oxygen atoms in total. The van der Waals surface area contributed by atoms with E-state index in [4.69, 9.17) is 14.5 Å². The maximum atomic E-state index is 12.4. The number of aromatic nitrogens is 2. The van der Waals surface area contributed by atoms with Gasteiger partial charge in [0.25, 0.3) is 0 Å². The second-order valence-electron chi connectivity index (χ2n) is 7.47. The number of aryl methyl sites for hydroxylation is 1. The molecule has 0 saturated carbocycles. The first-order chi connectivity index (χ1) is 15.1. The summed E-state index contributed by atoms with van der Waals surface area (Å²) in [5.41, 5.74) is 5.24. The maximum Gasteiger partial charge on any atom is 0.228 e. The molecule has 3 aromatic rings. The quantitative estimate of drug-likeness (QED) is 0.576. The summed E-state index contributed by atoms with van der Waals surface area (Å²) in [6, 6.07) is 11.7. The molecule has 2 N–H and O–H groups in total. The molecule has 0 bridgehead atoms. The number of benzene rings is 2. The van der Waals surface area contributed by atoms with E-state index in [2.05, 4.69) is 34.7 Å². The molecule has 0 aliphatic carbocycles. The normalized spacial score (nSPS) is 12.3. The van der Waals surface area contributed by atoms with Crippen LogP contribution in [-0.4, -0.2) is 30.1 Å². The standard InChI is InChI=1S/C24H26N4O3/c1-4-5-6-15-7-9-18-19(11-15)27-22(29)12-16-14-25-24(28-23(16)18)26-17-8-10-20(30-2)21(13-17)31-3/h7-11,13-14H,4-6,12H2,1-3H3,(H,27,29)(H,25,26,28). The van der Waals surface area contributed by atoms with Crippen molar-refractivity contribution >= 4 is 23.2 Å². The average Bonchev–Trinajstić information content (AvgIpc) is 2.92. The van der Waals surface area contributed by atoms with Crippen molar-refractivity contribution in [3.05, 3.63) is 53.7 Å². The van der Waals surface area contributed by atoms with Crippen molar-refractivity contribution in [1.29, 1.82) is 0 Å². The number of unbranched alkanes of at least 4 members (excludes halogenated alkanes) is 1. The molecular formula is C24H26N4O3. The fourth-order valence-corrected chi connectivity index (χ4v) is 3.68. The van der Waals surface area contributed by atoms with Gasteiger partial charge >= 0.3 is 0 Å². The predicted octanol–water partition coefficient (Wildman–Crippen LogP) is 4.74. The number of hydrogen-bond donors (Lipinski definition) is 2. The van der Waals surface area contributed by atoms with Crippen LogP contribution in [0.15, 0.2) is 42.6 Å². The van der Waals surface area contributed by atoms with Gasteiger partial charge < -0.3 is 20.1 Å². The third-order valence-corrected chi connectivity index (χ3v) is 5.29. The molecular weight excluding hydrogens is 392 g/mol. The van der Waals surface area contributed by atoms with Gasteiger partial charge in [-0.25, -0.2) is 9.97 Å². The lowest BCUT2D eigenvalue weighted by atomic mass is 10.0. The number of carbonyl (C=O) groups is 1. The van der Waals surface area contributed by atoms with E-state index in [0.717, 1.165) is 47.5 Å². The van der Waals surface area contributed by atoms with Crippen LogP contribution in [0.4, 0.5) is 17.3 Å². The minimum absolute atomic E-state index is 0.0585. The fraction of sp³-hybridized carbons (Fsp3) is 0.292. The molecule has 0 fully saturated rings. The Hall–Kier alpha value is -3.61. The smallest absolute Gasteiger partial charge is 0.228 e. The van der Waals surface area contributed by atoms with Crippen molar-refractivity contribution in [2.45, 2.75) is 32.6 Å². The molecule has 1 amide bonds. The van der Waals surface area contributed by atoms with Crippen molar-refractivity contribution in [2.75, 3.05) is 24.9 Å². The van der Waals surface area contributed by atoms with E-state index in [-0.39, 0.29) is 12.3 Å². The number of carbonyl (C=O) groups excluding carboxylic acids is 1. The number of rotatable bonds is 7. The van der Waals surface area contributed by atoms with Crippen LogP contribution in [0.3, 0.4) is 0 Å². The molecule has 0 unspecified atom stereocenters. The molecule has 1 aromatic heterocycles. The Morgan fingerprint density at radius 3 is 2.71 bits per heavy atom. The average molecular weight is 418 g/mol. The summed E-state index contributed by atoms with van der Waals surface area (Å²) < 4.78 is 10.7. The van der Waals surface area contributed by atoms with E-state index in [0.29, 0.717) is 17.4 Å². The largest absolute Gasteiger partial charge is 0.493 e. The highest BCUT2D eigenvalue weighted by Gasteiger charge is 2.21. The van der Waals surface area contributed by atoms with Gasteiger partial charge in [0.1, 0.15) is 0 Å². The van der Waals surface area contributed by atoms with Gasteiger partial charge in [-0.15, -0.1) is 0 Å². The van der Waals surface area contributed by atoms with Crippen LogP contribution in [-0.2, 0) is 17.6 Å². The van der Waals surface area contributed by atoms with Crippen LogP contribution in [0.1, 0.15) is 30.9 Å². The lowest BCUT2D eigenvalue weighted by Gasteiger charge is -2.13. The van der Waals surface area contributed by atoms with Gasteiger partial charge in [-0.3, -0.25) is 4.79 Å². The summed E-state index contributed by atoms with van der Waals surface area (Å²) in [6.07, 6.45) is 5.19. The molecule has 1 aliphatic rings. The first-order valence-electron chi connectivity index (χ1n) is 10.4. The highest BCUT2D eigenvalue weighted by atomic mass is 16.5. The number of anilines is 3. The lowest BCUT2D eigenvalue weighted by Crippen LogP contribution is -2.13. The maximum absolute atomic E-state index is 12.4. The fourth-order valence-electron chi connectivity index (χ4n) is 3.68. The molecule has 7 heteroatoms. The van der Waals surface area contributed by atoms with Gasteiger partial charge in [-0.2, -0.15) is 0 Å². The topological polar surface area (TPSA) is 85.4 Å². The Morgan fingerprint density at radius 2 is 1.94 bits per heavy atom. The van der Waals surface area contributed by atoms with Crippen LogP contribution in [0.5, 0.6) is 11.5 Å². The van der Waals surface area contributed by atoms with Crippen molar-refractivity contribution < 1.29 is 14.3 Å². The molecule has 0 atom stereocenters. The van der Waals surface area contributed by atoms with Crippen LogP contribution in [0.2, 0.25) is 0 Å². The summed E-state index contributed by atoms with van der Waals surface area (Å²) in [5.74, 6) is 1.65. The highest BCUT2D eigenvalue weighted by Crippen LogP contribution is 2.35. The van der Waals surface area contributed by atoms with Gasteiger partial charge in [-0.1, -0.05) is 25.5 Å². The summed E-state index contributed by atoms with van der Waals surface area (Å²) >= 11 is 0. The molecule has 1 aliphatic heterocycles. The zero-order valence-corrected chi connectivity index (χ0v) is 18.0. The van der Waals surface area contributed by atoms with E-state index < -0.39 is 0 Å². The zero-order valence-electron chi connectivity index (χ0n) is 18.0. The summed E-state index contributed by atoms with van der Waals surface area (Å²) in [5, 5.41) is 6.24. The molecule has 2 aromatic carbocycles. The Balaban J connectivity index is 1.69. The number of ether oxygens (including phenoxy) is 2. The monoisotopic (exact) mass is 418 g/mol. The number of methoxy groups -OCH3 is 2. The van der Waals surface area contributed by atoms with Gasteiger partial charge in [0, 0.05) is 29.1 Å². The number of hydrogen-bond acceptors (Lipinski definition) is 6. The van der Waals surface area contributed by atoms with Gasteiger partial charge in [0.05, 0.1) is 32.0 Å². The molecule has 0 radical (unpaired) electrons. The second kappa shape index (κ2) is 9.04. The lowest BCUT2D eigenvalue weighted by molar-refractivity contribution is -0.115. The molecule has 4 rings (SSSR count). The third kappa shape index (κ3) is 4.45. The number of fused-ring (bicyclic) bond motifs is 3. The predicted molar refractivity (Wildman–Crippen MR) is 121 cm³/mol. The minimum Gasteiger partial charge on any atom is -0.493 e. The second-order valence-corrected chi connectivity index (χ2v) is 7.47. The van der Waals surface area contributed by atoms with Crippen LogP contribution < -0.4 is 20.1 Å². The van der Waals surface area contributed by atoms with Gasteiger partial charge in [0.15, 0.2) is 11.5 Å². The molecule has 0 spiro atoms. The highest BCUT2D eigenvalue weighted by molar-refractivity contribution is 6.00. The zero-order chi connectivity index (χ0) is 21.8. The Morgan fingerprint density at radius 1 is 1.10 bits per heavy atom. The van der Waals surface area contributed by atoms with Gasteiger partial charge in [0.2, 0.25) is 11.9 Å². The van der Waals surface area contributed by atoms with E-state index >= 15 is 0 Å². The summed E-state index contributed by atoms with van der Waals surface area (Å²) in [4.78, 5) is 21.6. The Kier molecular flexibility index (Phi) is 6.02. The van der Waals surface area contributed by atoms with E-state index in [9.17, 15) is 4.79 Å². The Labute approximate surface area is 181 Å². The van der Waals surface area contributed by atoms with E-state index in [1.165, 1.54) is 5.56 Å². The number of nitrogens with one attached hydrogen (secondary N) is 2. The summed E-state index contributed by atoms with van der Waals surface area (Å²) in [7, 11) is 3.19. The van der Waals surface area contributed by atoms with Crippen molar-refractivity contribution in [3.8, 4) is 22.8 Å². The first kappa shape index (κ1) is 20.7. The molecule has 31 heavy (non-hydrogen) atoms. The minimum atomic E-state index is -0.0585. The molecule has 160 valence electrons. The third-order valence-electron chi connectivity index (χ3n) is 5.29. The van der Waals surface area contributed by atoms with Crippen LogP contribution in [0.25, 0.3) is 11.3 Å². The van der Waals surface area contributed by atoms with E-state index in [1.807, 2.05) is 24.3 Å². The number of amides is 1. The van der Waals surface area contributed by atoms with Crippen LogP contribution in [0, 0.1) is 0 Å². The number of nitrogens with zero attached hydrogens (tertiary/aromatic N) is 2. The van der Waals surface area contributed by atoms with Crippen molar-refractivity contribution in [3.63, 3.8) is 0 Å². The van der Waals surface area contributed by atoms with Crippen LogP contribution >= 0.6 is 0 Å². The Bertz CT molecular complexity index is 1110. The SMILES string of the molecule is CCCCc1ccc2c(c1)NC(=O)Cc1cnc(Nc3ccc(OC)c(OC)c3)nc1-2. The van der Waals surface area contributed by atoms with Gasteiger partial charge in [-0.05, 0) is 36.6 Å². The molecule has 0 saturated heterocycles. The summed E-state index contributed by atoms with van der Waals surface area (Å²) in [6.45, 7) is 2.17. The van der Waals surface area contributed by atoms with E-state index in [1.54, 1.807) is 20.4 Å².